The van der Waals surface area contributed by atoms with E-state index in [2.05, 4.69) is 75.5 Å². The summed E-state index contributed by atoms with van der Waals surface area (Å²) < 4.78 is 16.7. The summed E-state index contributed by atoms with van der Waals surface area (Å²) in [6.07, 6.45) is 65.5. The largest absolute Gasteiger partial charge is 0.462 e. The first-order valence-corrected chi connectivity index (χ1v) is 25.3. The minimum absolute atomic E-state index is 0.120. The molecule has 0 aliphatic rings. The molecule has 6 nitrogen and oxygen atoms in total. The summed E-state index contributed by atoms with van der Waals surface area (Å²) in [6, 6.07) is 0. The number of allylic oxidation sites excluding steroid dienone is 16. The van der Waals surface area contributed by atoms with Gasteiger partial charge in [-0.2, -0.15) is 0 Å². The summed E-state index contributed by atoms with van der Waals surface area (Å²) in [7, 11) is 0. The second-order valence-electron chi connectivity index (χ2n) is 16.5. The van der Waals surface area contributed by atoms with Crippen molar-refractivity contribution in [2.45, 2.75) is 226 Å². The Morgan fingerprint density at radius 3 is 1.24 bits per heavy atom. The Hall–Kier alpha value is -3.67. The van der Waals surface area contributed by atoms with E-state index in [0.717, 1.165) is 77.0 Å². The zero-order chi connectivity index (χ0) is 45.1. The summed E-state index contributed by atoms with van der Waals surface area (Å²) >= 11 is 0. The maximum atomic E-state index is 12.7. The maximum Gasteiger partial charge on any atom is 0.306 e. The van der Waals surface area contributed by atoms with Crippen LogP contribution >= 0.6 is 0 Å². The van der Waals surface area contributed by atoms with Crippen LogP contribution in [0, 0.1) is 0 Å². The molecule has 0 radical (unpaired) electrons. The van der Waals surface area contributed by atoms with E-state index < -0.39 is 6.10 Å². The molecule has 0 aromatic carbocycles. The minimum atomic E-state index is -0.827. The number of hydrogen-bond donors (Lipinski definition) is 0. The molecule has 6 heteroatoms. The number of esters is 3. The number of hydrogen-bond acceptors (Lipinski definition) is 6. The van der Waals surface area contributed by atoms with Gasteiger partial charge in [0.25, 0.3) is 0 Å². The molecule has 0 saturated heterocycles. The van der Waals surface area contributed by atoms with Crippen molar-refractivity contribution in [3.63, 3.8) is 0 Å². The lowest BCUT2D eigenvalue weighted by Crippen LogP contribution is -2.30. The maximum absolute atomic E-state index is 12.7. The molecule has 352 valence electrons. The molecule has 0 aliphatic heterocycles. The molecule has 0 rings (SSSR count). The van der Waals surface area contributed by atoms with Gasteiger partial charge in [0.05, 0.1) is 0 Å². The summed E-state index contributed by atoms with van der Waals surface area (Å²) in [5, 5.41) is 0. The van der Waals surface area contributed by atoms with Crippen LogP contribution in [0.3, 0.4) is 0 Å². The number of rotatable bonds is 44. The lowest BCUT2D eigenvalue weighted by Gasteiger charge is -2.18. The predicted molar refractivity (Wildman–Crippen MR) is 265 cm³/mol. The zero-order valence-corrected chi connectivity index (χ0v) is 40.1. The van der Waals surface area contributed by atoms with Gasteiger partial charge in [0.15, 0.2) is 6.10 Å². The highest BCUT2D eigenvalue weighted by molar-refractivity contribution is 5.71. The number of carbonyl (C=O) groups excluding carboxylic acids is 3. The average Bonchev–Trinajstić information content (AvgIpc) is 3.27. The summed E-state index contributed by atoms with van der Waals surface area (Å²) in [4.78, 5) is 37.9. The Labute approximate surface area is 381 Å². The summed E-state index contributed by atoms with van der Waals surface area (Å²) in [5.74, 6) is -1.05. The van der Waals surface area contributed by atoms with Crippen molar-refractivity contribution in [1.82, 2.24) is 0 Å². The van der Waals surface area contributed by atoms with Crippen molar-refractivity contribution in [3.8, 4) is 0 Å². The fourth-order valence-electron chi connectivity index (χ4n) is 6.61. The van der Waals surface area contributed by atoms with Crippen molar-refractivity contribution < 1.29 is 28.6 Å². The standard InChI is InChI=1S/C56H92O6/c1-4-7-10-13-16-19-22-25-26-27-28-29-32-34-37-40-43-46-49-55(58)61-52-53(62-56(59)50-47-44-41-38-35-31-24-21-18-15-12-9-6-3)51-60-54(57)48-45-42-39-36-33-30-23-20-17-14-11-8-5-2/h9,12,15,18,21,24,26-31,33,35,39,42,53H,4-8,10-11,13-14,16-17,19-20,22-23,25,32,34,36-38,40-41,43-52H2,1-3H3/b12-9-,18-15-,24-21-,27-26-,29-28-,33-30-,35-31-,42-39-. The third-order valence-electron chi connectivity index (χ3n) is 10.4. The van der Waals surface area contributed by atoms with Gasteiger partial charge in [-0.05, 0) is 83.5 Å². The van der Waals surface area contributed by atoms with Gasteiger partial charge in [-0.25, -0.2) is 0 Å². The van der Waals surface area contributed by atoms with E-state index in [4.69, 9.17) is 14.2 Å². The van der Waals surface area contributed by atoms with Crippen LogP contribution in [0.4, 0.5) is 0 Å². The fraction of sp³-hybridized carbons (Fsp3) is 0.661. The van der Waals surface area contributed by atoms with E-state index in [1.165, 1.54) is 89.9 Å². The molecule has 0 aromatic heterocycles. The first-order valence-electron chi connectivity index (χ1n) is 25.3. The molecular formula is C56H92O6. The van der Waals surface area contributed by atoms with Crippen LogP contribution in [0.15, 0.2) is 97.2 Å². The average molecular weight is 861 g/mol. The van der Waals surface area contributed by atoms with Crippen LogP contribution in [-0.4, -0.2) is 37.2 Å². The lowest BCUT2D eigenvalue weighted by molar-refractivity contribution is -0.166. The number of unbranched alkanes of at least 4 members (excludes halogenated alkanes) is 21. The van der Waals surface area contributed by atoms with Gasteiger partial charge in [0.1, 0.15) is 13.2 Å². The highest BCUT2D eigenvalue weighted by Crippen LogP contribution is 2.12. The molecule has 0 aromatic rings. The molecule has 0 fully saturated rings. The van der Waals surface area contributed by atoms with E-state index in [0.29, 0.717) is 19.3 Å². The van der Waals surface area contributed by atoms with Crippen LogP contribution in [0.5, 0.6) is 0 Å². The van der Waals surface area contributed by atoms with Crippen LogP contribution in [0.1, 0.15) is 220 Å². The molecule has 0 N–H and O–H groups in total. The van der Waals surface area contributed by atoms with Crippen molar-refractivity contribution in [2.24, 2.45) is 0 Å². The lowest BCUT2D eigenvalue weighted by atomic mass is 10.1. The van der Waals surface area contributed by atoms with Gasteiger partial charge in [0, 0.05) is 19.3 Å². The summed E-state index contributed by atoms with van der Waals surface area (Å²) in [6.45, 7) is 6.37. The third-order valence-corrected chi connectivity index (χ3v) is 10.4. The predicted octanol–water partition coefficient (Wildman–Crippen LogP) is 16.6. The number of carbonyl (C=O) groups is 3. The van der Waals surface area contributed by atoms with Crippen molar-refractivity contribution in [2.75, 3.05) is 13.2 Å². The van der Waals surface area contributed by atoms with Gasteiger partial charge >= 0.3 is 17.9 Å². The molecule has 0 aliphatic carbocycles. The molecular weight excluding hydrogens is 769 g/mol. The molecule has 0 heterocycles. The molecule has 0 bridgehead atoms. The quantitative estimate of drug-likeness (QED) is 0.0200. The minimum Gasteiger partial charge on any atom is -0.462 e. The second-order valence-corrected chi connectivity index (χ2v) is 16.5. The molecule has 1 atom stereocenters. The molecule has 0 amide bonds. The first-order chi connectivity index (χ1) is 30.5. The van der Waals surface area contributed by atoms with Crippen LogP contribution in [-0.2, 0) is 28.6 Å². The van der Waals surface area contributed by atoms with Crippen LogP contribution in [0.25, 0.3) is 0 Å². The summed E-state index contributed by atoms with van der Waals surface area (Å²) in [5.41, 5.74) is 0. The zero-order valence-electron chi connectivity index (χ0n) is 40.1. The Morgan fingerprint density at radius 2 is 0.726 bits per heavy atom. The Morgan fingerprint density at radius 1 is 0.355 bits per heavy atom. The molecule has 0 spiro atoms. The van der Waals surface area contributed by atoms with Crippen LogP contribution in [0.2, 0.25) is 0 Å². The van der Waals surface area contributed by atoms with Gasteiger partial charge in [-0.15, -0.1) is 0 Å². The van der Waals surface area contributed by atoms with E-state index >= 15 is 0 Å². The first kappa shape index (κ1) is 58.3. The highest BCUT2D eigenvalue weighted by Gasteiger charge is 2.19. The molecule has 62 heavy (non-hydrogen) atoms. The van der Waals surface area contributed by atoms with E-state index in [1.54, 1.807) is 0 Å². The van der Waals surface area contributed by atoms with E-state index in [-0.39, 0.29) is 44.0 Å². The third kappa shape index (κ3) is 47.4. The molecule has 0 saturated carbocycles. The van der Waals surface area contributed by atoms with Gasteiger partial charge in [-0.1, -0.05) is 214 Å². The SMILES string of the molecule is CC\C=C/C=C\C=C/C=C\CCCCCC(=O)OC(COC(=O)CC/C=C\C/C=C\CCCCCCCC)COC(=O)CCCCCCC/C=C\C=C/CCCCCCCCC. The van der Waals surface area contributed by atoms with Crippen LogP contribution < -0.4 is 0 Å². The normalized spacial score (nSPS) is 12.9. The van der Waals surface area contributed by atoms with Crippen molar-refractivity contribution in [3.05, 3.63) is 97.2 Å². The Bertz CT molecular complexity index is 1260. The van der Waals surface area contributed by atoms with Crippen molar-refractivity contribution >= 4 is 17.9 Å². The number of ether oxygens (including phenoxy) is 3. The second kappa shape index (κ2) is 50.0. The molecule has 1 unspecified atom stereocenters. The van der Waals surface area contributed by atoms with E-state index in [1.807, 2.05) is 42.5 Å². The fourth-order valence-corrected chi connectivity index (χ4v) is 6.61. The van der Waals surface area contributed by atoms with E-state index in [9.17, 15) is 14.4 Å². The Kier molecular flexibility index (Phi) is 47.0. The topological polar surface area (TPSA) is 78.9 Å². The van der Waals surface area contributed by atoms with Gasteiger partial charge in [0.2, 0.25) is 0 Å². The smallest absolute Gasteiger partial charge is 0.306 e. The van der Waals surface area contributed by atoms with Crippen molar-refractivity contribution in [1.29, 1.82) is 0 Å². The Balaban J connectivity index is 4.52. The van der Waals surface area contributed by atoms with Gasteiger partial charge in [-0.3, -0.25) is 14.4 Å². The monoisotopic (exact) mass is 861 g/mol. The van der Waals surface area contributed by atoms with Gasteiger partial charge < -0.3 is 14.2 Å². The highest BCUT2D eigenvalue weighted by atomic mass is 16.6.